The maximum absolute atomic E-state index is 10.3. The number of carbonyl (C=O) groups is 1. The van der Waals surface area contributed by atoms with Crippen LogP contribution in [-0.2, 0) is 4.79 Å². The van der Waals surface area contributed by atoms with Gasteiger partial charge in [0.05, 0.1) is 0 Å². The van der Waals surface area contributed by atoms with Crippen LogP contribution in [0.5, 0.6) is 0 Å². The summed E-state index contributed by atoms with van der Waals surface area (Å²) in [6.07, 6.45) is 19.1. The Morgan fingerprint density at radius 1 is 1.16 bits per heavy atom. The molecule has 0 saturated carbocycles. The Hall–Kier alpha value is -2.44. The molecule has 0 aliphatic rings. The van der Waals surface area contributed by atoms with Crippen molar-refractivity contribution in [3.8, 4) is 11.8 Å². The number of carboxylic acid groups (broad SMARTS) is 1. The van der Waals surface area contributed by atoms with Crippen LogP contribution in [0.15, 0.2) is 41.6 Å². The average molecular weight is 343 g/mol. The van der Waals surface area contributed by atoms with E-state index in [1.807, 2.05) is 12.2 Å². The minimum atomic E-state index is -0.735. The third kappa shape index (κ3) is 17.7. The summed E-state index contributed by atoms with van der Waals surface area (Å²) in [5.74, 6) is 5.41. The van der Waals surface area contributed by atoms with Crippen molar-refractivity contribution in [1.29, 1.82) is 0 Å². The summed E-state index contributed by atoms with van der Waals surface area (Å²) in [6, 6.07) is -0.00778. The van der Waals surface area contributed by atoms with E-state index in [0.29, 0.717) is 19.3 Å². The summed E-state index contributed by atoms with van der Waals surface area (Å²) >= 11 is 0. The van der Waals surface area contributed by atoms with Gasteiger partial charge in [0.25, 0.3) is 0 Å². The standard InChI is InChI=1S/C20H29N3O2/c1-2-16-19(22-23-21)17-14-12-10-8-6-4-3-5-7-9-11-13-15-18-20(24)25/h3,5-6,8-9,11,19H,2,4,7,10,13,15-18H2,1H3,(H,24,25)/b5-3-,8-6-,11-9-/t19-/m0/s1. The van der Waals surface area contributed by atoms with Gasteiger partial charge in [-0.2, -0.15) is 0 Å². The highest BCUT2D eigenvalue weighted by molar-refractivity contribution is 5.66. The molecule has 0 unspecified atom stereocenters. The highest BCUT2D eigenvalue weighted by Crippen LogP contribution is 2.06. The first-order chi connectivity index (χ1) is 12.2. The van der Waals surface area contributed by atoms with E-state index >= 15 is 0 Å². The topological polar surface area (TPSA) is 86.1 Å². The Bertz CT molecular complexity index is 547. The number of unbranched alkanes of at least 4 members (excludes halogenated alkanes) is 1. The monoisotopic (exact) mass is 343 g/mol. The van der Waals surface area contributed by atoms with Crippen LogP contribution in [0.4, 0.5) is 0 Å². The lowest BCUT2D eigenvalue weighted by atomic mass is 10.1. The molecule has 0 aliphatic carbocycles. The Morgan fingerprint density at radius 3 is 2.48 bits per heavy atom. The van der Waals surface area contributed by atoms with Crippen LogP contribution in [0, 0.1) is 11.8 Å². The SMILES string of the molecule is CCC[C@@H](CC#CC/C=C\C/C=C\C/C=C\CCCC(=O)O)N=[N+]=[N-]. The van der Waals surface area contributed by atoms with Crippen LogP contribution in [0.1, 0.15) is 64.7 Å². The second-order valence-electron chi connectivity index (χ2n) is 5.58. The number of nitrogens with zero attached hydrogens (tertiary/aromatic N) is 3. The van der Waals surface area contributed by atoms with Crippen LogP contribution in [0.2, 0.25) is 0 Å². The van der Waals surface area contributed by atoms with Gasteiger partial charge in [0, 0.05) is 30.2 Å². The summed E-state index contributed by atoms with van der Waals surface area (Å²) in [6.45, 7) is 2.07. The maximum atomic E-state index is 10.3. The number of allylic oxidation sites excluding steroid dienone is 6. The Balaban J connectivity index is 3.72. The maximum Gasteiger partial charge on any atom is 0.303 e. The van der Waals surface area contributed by atoms with Crippen LogP contribution >= 0.6 is 0 Å². The molecule has 0 amide bonds. The molecule has 0 aromatic carbocycles. The second-order valence-corrected chi connectivity index (χ2v) is 5.58. The second kappa shape index (κ2) is 17.9. The van der Waals surface area contributed by atoms with E-state index in [9.17, 15) is 4.79 Å². The zero-order valence-corrected chi connectivity index (χ0v) is 15.1. The predicted molar refractivity (Wildman–Crippen MR) is 103 cm³/mol. The van der Waals surface area contributed by atoms with Crippen molar-refractivity contribution in [2.24, 2.45) is 5.11 Å². The van der Waals surface area contributed by atoms with E-state index in [4.69, 9.17) is 10.6 Å². The van der Waals surface area contributed by atoms with Gasteiger partial charge in [-0.1, -0.05) is 60.8 Å². The molecule has 0 rings (SSSR count). The summed E-state index contributed by atoms with van der Waals surface area (Å²) < 4.78 is 0. The van der Waals surface area contributed by atoms with E-state index in [0.717, 1.165) is 32.1 Å². The summed E-state index contributed by atoms with van der Waals surface area (Å²) in [5.41, 5.74) is 8.47. The van der Waals surface area contributed by atoms with Gasteiger partial charge in [-0.05, 0) is 37.6 Å². The minimum Gasteiger partial charge on any atom is -0.481 e. The zero-order chi connectivity index (χ0) is 18.6. The lowest BCUT2D eigenvalue weighted by Gasteiger charge is -2.02. The molecule has 0 aromatic rings. The predicted octanol–water partition coefficient (Wildman–Crippen LogP) is 5.95. The van der Waals surface area contributed by atoms with Crippen molar-refractivity contribution in [2.75, 3.05) is 0 Å². The van der Waals surface area contributed by atoms with Crippen molar-refractivity contribution in [3.63, 3.8) is 0 Å². The van der Waals surface area contributed by atoms with E-state index in [-0.39, 0.29) is 12.5 Å². The first-order valence-corrected chi connectivity index (χ1v) is 8.87. The largest absolute Gasteiger partial charge is 0.481 e. The van der Waals surface area contributed by atoms with Crippen molar-refractivity contribution < 1.29 is 9.90 Å². The fourth-order valence-corrected chi connectivity index (χ4v) is 2.04. The van der Waals surface area contributed by atoms with Gasteiger partial charge < -0.3 is 5.11 Å². The van der Waals surface area contributed by atoms with Gasteiger partial charge in [0.1, 0.15) is 0 Å². The number of hydrogen-bond donors (Lipinski definition) is 1. The quantitative estimate of drug-likeness (QED) is 0.112. The van der Waals surface area contributed by atoms with E-state index < -0.39 is 5.97 Å². The first-order valence-electron chi connectivity index (χ1n) is 8.87. The van der Waals surface area contributed by atoms with Gasteiger partial charge >= 0.3 is 5.97 Å². The smallest absolute Gasteiger partial charge is 0.303 e. The van der Waals surface area contributed by atoms with E-state index in [2.05, 4.69) is 53.1 Å². The Kier molecular flexibility index (Phi) is 16.2. The number of carboxylic acids is 1. The summed E-state index contributed by atoms with van der Waals surface area (Å²) in [5, 5.41) is 12.2. The number of azide groups is 1. The van der Waals surface area contributed by atoms with Gasteiger partial charge in [-0.3, -0.25) is 4.79 Å². The molecule has 136 valence electrons. The van der Waals surface area contributed by atoms with E-state index in [1.165, 1.54) is 0 Å². The molecule has 0 spiro atoms. The molecule has 0 aromatic heterocycles. The third-order valence-electron chi connectivity index (χ3n) is 3.33. The first kappa shape index (κ1) is 22.6. The fraction of sp³-hybridized carbons (Fsp3) is 0.550. The molecule has 1 atom stereocenters. The molecular formula is C20H29N3O2. The molecule has 0 radical (unpaired) electrons. The third-order valence-corrected chi connectivity index (χ3v) is 3.33. The number of rotatable bonds is 13. The number of aliphatic carboxylic acids is 1. The molecule has 0 aliphatic heterocycles. The van der Waals surface area contributed by atoms with Gasteiger partial charge in [-0.25, -0.2) is 0 Å². The van der Waals surface area contributed by atoms with Crippen LogP contribution in [-0.4, -0.2) is 17.1 Å². The lowest BCUT2D eigenvalue weighted by molar-refractivity contribution is -0.137. The molecule has 0 saturated heterocycles. The molecular weight excluding hydrogens is 314 g/mol. The summed E-state index contributed by atoms with van der Waals surface area (Å²) in [7, 11) is 0. The van der Waals surface area contributed by atoms with Crippen LogP contribution in [0.25, 0.3) is 10.4 Å². The van der Waals surface area contributed by atoms with E-state index in [1.54, 1.807) is 0 Å². The number of hydrogen-bond acceptors (Lipinski definition) is 2. The summed E-state index contributed by atoms with van der Waals surface area (Å²) in [4.78, 5) is 13.2. The van der Waals surface area contributed by atoms with Crippen molar-refractivity contribution in [1.82, 2.24) is 0 Å². The van der Waals surface area contributed by atoms with Gasteiger partial charge in [0.2, 0.25) is 0 Å². The molecule has 5 heteroatoms. The molecule has 5 nitrogen and oxygen atoms in total. The molecule has 1 N–H and O–H groups in total. The lowest BCUT2D eigenvalue weighted by Crippen LogP contribution is -2.00. The highest BCUT2D eigenvalue weighted by atomic mass is 16.4. The van der Waals surface area contributed by atoms with Gasteiger partial charge in [0.15, 0.2) is 0 Å². The van der Waals surface area contributed by atoms with Gasteiger partial charge in [-0.15, -0.1) is 5.92 Å². The van der Waals surface area contributed by atoms with Crippen molar-refractivity contribution >= 4 is 5.97 Å². The highest BCUT2D eigenvalue weighted by Gasteiger charge is 2.01. The Labute approximate surface area is 151 Å². The molecule has 0 heterocycles. The van der Waals surface area contributed by atoms with Crippen LogP contribution < -0.4 is 0 Å². The molecule has 0 bridgehead atoms. The minimum absolute atomic E-state index is 0.00778. The van der Waals surface area contributed by atoms with Crippen molar-refractivity contribution in [3.05, 3.63) is 46.9 Å². The average Bonchev–Trinajstić information content (AvgIpc) is 2.58. The van der Waals surface area contributed by atoms with Crippen LogP contribution in [0.3, 0.4) is 0 Å². The Morgan fingerprint density at radius 2 is 1.84 bits per heavy atom. The zero-order valence-electron chi connectivity index (χ0n) is 15.1. The normalized spacial score (nSPS) is 12.2. The molecule has 25 heavy (non-hydrogen) atoms. The van der Waals surface area contributed by atoms with Crippen molar-refractivity contribution in [2.45, 2.75) is 70.8 Å². The molecule has 0 fully saturated rings. The fourth-order valence-electron chi connectivity index (χ4n) is 2.04.